The van der Waals surface area contributed by atoms with Gasteiger partial charge in [0.1, 0.15) is 4.99 Å². The van der Waals surface area contributed by atoms with E-state index >= 15 is 0 Å². The maximum absolute atomic E-state index is 8.81. The van der Waals surface area contributed by atoms with Crippen LogP contribution in [0.2, 0.25) is 0 Å². The Kier molecular flexibility index (Phi) is 7.95. The Morgan fingerprint density at radius 1 is 1.35 bits per heavy atom. The van der Waals surface area contributed by atoms with Crippen LogP contribution >= 0.6 is 24.0 Å². The van der Waals surface area contributed by atoms with Crippen LogP contribution in [-0.4, -0.2) is 36.0 Å². The molecular formula is C15H24N2OS2. The van der Waals surface area contributed by atoms with Crippen molar-refractivity contribution in [3.8, 4) is 0 Å². The minimum Gasteiger partial charge on any atom is -0.396 e. The van der Waals surface area contributed by atoms with Crippen LogP contribution in [0, 0.1) is 0 Å². The van der Waals surface area contributed by atoms with Crippen LogP contribution in [0.15, 0.2) is 23.1 Å². The van der Waals surface area contributed by atoms with Crippen molar-refractivity contribution in [3.63, 3.8) is 0 Å². The molecule has 0 heterocycles. The standard InChI is InChI=1S/C15H24N2OS2/c1-3-20-13-9-7-8-12(14(13)15(16)19)17(2)10-5-4-6-11-18/h7-9,18H,3-6,10-11H2,1-2H3,(H2,16,19). The Labute approximate surface area is 131 Å². The van der Waals surface area contributed by atoms with Crippen molar-refractivity contribution in [2.75, 3.05) is 30.9 Å². The summed E-state index contributed by atoms with van der Waals surface area (Å²) in [4.78, 5) is 3.81. The second kappa shape index (κ2) is 9.21. The van der Waals surface area contributed by atoms with Crippen molar-refractivity contribution in [1.82, 2.24) is 0 Å². The molecule has 3 N–H and O–H groups in total. The molecule has 0 radical (unpaired) electrons. The van der Waals surface area contributed by atoms with Gasteiger partial charge in [0.05, 0.1) is 0 Å². The average molecular weight is 313 g/mol. The summed E-state index contributed by atoms with van der Waals surface area (Å²) in [5.41, 5.74) is 8.00. The second-order valence-electron chi connectivity index (χ2n) is 4.65. The number of hydrogen-bond donors (Lipinski definition) is 2. The van der Waals surface area contributed by atoms with E-state index in [1.165, 1.54) is 0 Å². The van der Waals surface area contributed by atoms with E-state index in [9.17, 15) is 0 Å². The maximum Gasteiger partial charge on any atom is 0.107 e. The zero-order valence-electron chi connectivity index (χ0n) is 12.3. The number of unbranched alkanes of at least 4 members (excludes halogenated alkanes) is 2. The molecule has 1 rings (SSSR count). The first-order valence-electron chi connectivity index (χ1n) is 6.99. The fourth-order valence-corrected chi connectivity index (χ4v) is 3.24. The van der Waals surface area contributed by atoms with Gasteiger partial charge in [-0.1, -0.05) is 25.2 Å². The molecule has 1 aromatic carbocycles. The van der Waals surface area contributed by atoms with Crippen molar-refractivity contribution in [2.45, 2.75) is 31.1 Å². The Bertz CT molecular complexity index is 438. The minimum atomic E-state index is 0.268. The summed E-state index contributed by atoms with van der Waals surface area (Å²) < 4.78 is 0. The molecule has 0 atom stereocenters. The molecule has 0 fully saturated rings. The molecule has 0 aliphatic heterocycles. The van der Waals surface area contributed by atoms with Crippen molar-refractivity contribution >= 4 is 34.7 Å². The maximum atomic E-state index is 8.81. The molecule has 0 saturated heterocycles. The molecule has 5 heteroatoms. The number of nitrogens with zero attached hydrogens (tertiary/aromatic N) is 1. The lowest BCUT2D eigenvalue weighted by Gasteiger charge is -2.23. The van der Waals surface area contributed by atoms with Gasteiger partial charge in [0.15, 0.2) is 0 Å². The fourth-order valence-electron chi connectivity index (χ4n) is 2.12. The van der Waals surface area contributed by atoms with Gasteiger partial charge in [0.25, 0.3) is 0 Å². The number of aliphatic hydroxyl groups excluding tert-OH is 1. The predicted octanol–water partition coefficient (Wildman–Crippen LogP) is 3.03. The summed E-state index contributed by atoms with van der Waals surface area (Å²) in [5, 5.41) is 8.81. The zero-order chi connectivity index (χ0) is 15.0. The Morgan fingerprint density at radius 2 is 2.10 bits per heavy atom. The molecule has 0 bridgehead atoms. The topological polar surface area (TPSA) is 49.5 Å². The first-order chi connectivity index (χ1) is 9.61. The number of benzene rings is 1. The van der Waals surface area contributed by atoms with Gasteiger partial charge in [-0.3, -0.25) is 0 Å². The smallest absolute Gasteiger partial charge is 0.107 e. The van der Waals surface area contributed by atoms with Gasteiger partial charge in [-0.25, -0.2) is 0 Å². The number of anilines is 1. The molecule has 112 valence electrons. The van der Waals surface area contributed by atoms with Crippen LogP contribution in [0.3, 0.4) is 0 Å². The van der Waals surface area contributed by atoms with Crippen LogP contribution in [0.5, 0.6) is 0 Å². The zero-order valence-corrected chi connectivity index (χ0v) is 13.9. The van der Waals surface area contributed by atoms with E-state index in [0.717, 1.165) is 47.7 Å². The number of aliphatic hydroxyl groups is 1. The van der Waals surface area contributed by atoms with Gasteiger partial charge in [-0.15, -0.1) is 11.8 Å². The molecule has 0 unspecified atom stereocenters. The highest BCUT2D eigenvalue weighted by Crippen LogP contribution is 2.30. The van der Waals surface area contributed by atoms with Gasteiger partial charge >= 0.3 is 0 Å². The van der Waals surface area contributed by atoms with E-state index in [-0.39, 0.29) is 6.61 Å². The summed E-state index contributed by atoms with van der Waals surface area (Å²) in [6.45, 7) is 3.33. The van der Waals surface area contributed by atoms with Crippen LogP contribution in [0.25, 0.3) is 0 Å². The highest BCUT2D eigenvalue weighted by Gasteiger charge is 2.14. The number of thioether (sulfide) groups is 1. The van der Waals surface area contributed by atoms with E-state index in [1.54, 1.807) is 11.8 Å². The van der Waals surface area contributed by atoms with E-state index in [1.807, 2.05) is 0 Å². The largest absolute Gasteiger partial charge is 0.396 e. The fraction of sp³-hybridized carbons (Fsp3) is 0.533. The number of thiocarbonyl (C=S) groups is 1. The molecule has 20 heavy (non-hydrogen) atoms. The van der Waals surface area contributed by atoms with Crippen LogP contribution in [-0.2, 0) is 0 Å². The Morgan fingerprint density at radius 3 is 2.70 bits per heavy atom. The monoisotopic (exact) mass is 312 g/mol. The third kappa shape index (κ3) is 4.96. The first kappa shape index (κ1) is 17.3. The average Bonchev–Trinajstić information content (AvgIpc) is 2.43. The summed E-state index contributed by atoms with van der Waals surface area (Å²) in [6, 6.07) is 6.20. The lowest BCUT2D eigenvalue weighted by Crippen LogP contribution is -2.23. The quantitative estimate of drug-likeness (QED) is 0.417. The lowest BCUT2D eigenvalue weighted by atomic mass is 10.1. The highest BCUT2D eigenvalue weighted by molar-refractivity contribution is 7.99. The Balaban J connectivity index is 2.87. The molecule has 0 amide bonds. The van der Waals surface area contributed by atoms with Gasteiger partial charge < -0.3 is 15.7 Å². The molecule has 0 aliphatic rings. The van der Waals surface area contributed by atoms with E-state index in [0.29, 0.717) is 4.99 Å². The van der Waals surface area contributed by atoms with Crippen molar-refractivity contribution in [1.29, 1.82) is 0 Å². The molecular weight excluding hydrogens is 288 g/mol. The summed E-state index contributed by atoms with van der Waals surface area (Å²) in [6.07, 6.45) is 2.95. The Hall–Kier alpha value is -0.780. The number of nitrogens with two attached hydrogens (primary N) is 1. The molecule has 0 spiro atoms. The second-order valence-corrected chi connectivity index (χ2v) is 6.40. The number of rotatable bonds is 9. The van der Waals surface area contributed by atoms with Crippen molar-refractivity contribution in [3.05, 3.63) is 23.8 Å². The third-order valence-corrected chi connectivity index (χ3v) is 4.26. The summed E-state index contributed by atoms with van der Waals surface area (Å²) >= 11 is 7.00. The van der Waals surface area contributed by atoms with Crippen LogP contribution < -0.4 is 10.6 Å². The van der Waals surface area contributed by atoms with Crippen LogP contribution in [0.1, 0.15) is 31.7 Å². The van der Waals surface area contributed by atoms with Crippen molar-refractivity contribution in [2.24, 2.45) is 5.73 Å². The first-order valence-corrected chi connectivity index (χ1v) is 8.38. The lowest BCUT2D eigenvalue weighted by molar-refractivity contribution is 0.283. The molecule has 1 aromatic rings. The SMILES string of the molecule is CCSc1cccc(N(C)CCCCCO)c1C(N)=S. The number of hydrogen-bond acceptors (Lipinski definition) is 4. The van der Waals surface area contributed by atoms with E-state index in [2.05, 4.69) is 37.1 Å². The predicted molar refractivity (Wildman–Crippen MR) is 92.9 cm³/mol. The third-order valence-electron chi connectivity index (χ3n) is 3.11. The van der Waals surface area contributed by atoms with Gasteiger partial charge in [0, 0.05) is 36.3 Å². The summed E-state index contributed by atoms with van der Waals surface area (Å²) in [5.74, 6) is 0.999. The van der Waals surface area contributed by atoms with Gasteiger partial charge in [-0.2, -0.15) is 0 Å². The molecule has 3 nitrogen and oxygen atoms in total. The van der Waals surface area contributed by atoms with E-state index in [4.69, 9.17) is 23.1 Å². The molecule has 0 saturated carbocycles. The normalized spacial score (nSPS) is 10.6. The summed E-state index contributed by atoms with van der Waals surface area (Å²) in [7, 11) is 2.07. The molecule has 0 aliphatic carbocycles. The van der Waals surface area contributed by atoms with Crippen LogP contribution in [0.4, 0.5) is 5.69 Å². The van der Waals surface area contributed by atoms with Gasteiger partial charge in [0.2, 0.25) is 0 Å². The minimum absolute atomic E-state index is 0.268. The highest BCUT2D eigenvalue weighted by atomic mass is 32.2. The van der Waals surface area contributed by atoms with Crippen molar-refractivity contribution < 1.29 is 5.11 Å². The van der Waals surface area contributed by atoms with Gasteiger partial charge in [-0.05, 0) is 37.1 Å². The molecule has 0 aromatic heterocycles. The van der Waals surface area contributed by atoms with E-state index < -0.39 is 0 Å².